The summed E-state index contributed by atoms with van der Waals surface area (Å²) in [6.07, 6.45) is 3.57. The van der Waals surface area contributed by atoms with Gasteiger partial charge in [0.1, 0.15) is 24.4 Å². The summed E-state index contributed by atoms with van der Waals surface area (Å²) in [5.41, 5.74) is 1.44. The van der Waals surface area contributed by atoms with Gasteiger partial charge in [-0.1, -0.05) is 6.92 Å². The predicted molar refractivity (Wildman–Crippen MR) is 108 cm³/mol. The van der Waals surface area contributed by atoms with Crippen molar-refractivity contribution in [1.82, 2.24) is 30.0 Å². The zero-order chi connectivity index (χ0) is 19.6. The van der Waals surface area contributed by atoms with E-state index < -0.39 is 6.04 Å². The molecule has 3 aromatic heterocycles. The monoisotopic (exact) mass is 452 g/mol. The van der Waals surface area contributed by atoms with Gasteiger partial charge >= 0.3 is 0 Å². The topological polar surface area (TPSA) is 95.9 Å². The van der Waals surface area contributed by atoms with Crippen LogP contribution in [0.1, 0.15) is 36.8 Å². The molecule has 0 saturated carbocycles. The Balaban J connectivity index is 1.58. The molecule has 0 aliphatic rings. The fourth-order valence-corrected chi connectivity index (χ4v) is 4.33. The molecule has 2 atom stereocenters. The Kier molecular flexibility index (Phi) is 5.95. The second-order valence-corrected chi connectivity index (χ2v) is 8.78. The lowest BCUT2D eigenvalue weighted by Crippen LogP contribution is -2.45. The van der Waals surface area contributed by atoms with Gasteiger partial charge in [0.15, 0.2) is 0 Å². The van der Waals surface area contributed by atoms with E-state index in [2.05, 4.69) is 36.3 Å². The second-order valence-electron chi connectivity index (χ2n) is 6.32. The van der Waals surface area contributed by atoms with Crippen molar-refractivity contribution in [2.24, 2.45) is 0 Å². The minimum absolute atomic E-state index is 0.0602. The maximum atomic E-state index is 12.8. The summed E-state index contributed by atoms with van der Waals surface area (Å²) >= 11 is 4.99. The highest BCUT2D eigenvalue weighted by molar-refractivity contribution is 9.11. The molecule has 0 saturated heterocycles. The molecule has 0 radical (unpaired) electrons. The Hall–Kier alpha value is -2.20. The van der Waals surface area contributed by atoms with Crippen molar-refractivity contribution in [2.75, 3.05) is 13.6 Å². The minimum atomic E-state index is -0.399. The highest BCUT2D eigenvalue weighted by atomic mass is 79.9. The first-order valence-electron chi connectivity index (χ1n) is 8.57. The summed E-state index contributed by atoms with van der Waals surface area (Å²) in [4.78, 5) is 33.8. The number of hydrogen-bond acceptors (Lipinski definition) is 5. The van der Waals surface area contributed by atoms with Gasteiger partial charge in [-0.3, -0.25) is 9.59 Å². The predicted octanol–water partition coefficient (Wildman–Crippen LogP) is 2.81. The SMILES string of the molecule is CCC(C(=O)N(C)C(C)CNC(=O)c1cc2sc(Br)cc2[nH]1)n1cncn1. The molecule has 2 unspecified atom stereocenters. The average molecular weight is 453 g/mol. The van der Waals surface area contributed by atoms with Crippen molar-refractivity contribution in [3.63, 3.8) is 0 Å². The summed E-state index contributed by atoms with van der Waals surface area (Å²) in [5.74, 6) is -0.250. The van der Waals surface area contributed by atoms with Crippen LogP contribution in [0.2, 0.25) is 0 Å². The third kappa shape index (κ3) is 4.22. The molecular weight excluding hydrogens is 432 g/mol. The van der Waals surface area contributed by atoms with Crippen molar-refractivity contribution in [3.8, 4) is 0 Å². The summed E-state index contributed by atoms with van der Waals surface area (Å²) in [6, 6.07) is 3.21. The first-order chi connectivity index (χ1) is 12.9. The van der Waals surface area contributed by atoms with Gasteiger partial charge in [0.25, 0.3) is 5.91 Å². The molecule has 3 aromatic rings. The average Bonchev–Trinajstić information content (AvgIpc) is 3.35. The van der Waals surface area contributed by atoms with Crippen LogP contribution in [0.25, 0.3) is 10.2 Å². The first-order valence-corrected chi connectivity index (χ1v) is 10.2. The molecule has 27 heavy (non-hydrogen) atoms. The van der Waals surface area contributed by atoms with E-state index in [-0.39, 0.29) is 17.9 Å². The molecule has 0 aliphatic heterocycles. The standard InChI is InChI=1S/C17H21BrN6O2S/c1-4-13(24-9-19-8-21-24)17(26)23(3)10(2)7-20-16(25)12-5-14-11(22-12)6-15(18)27-14/h5-6,8-10,13,22H,4,7H2,1-3H3,(H,20,25). The third-order valence-corrected chi connectivity index (χ3v) is 6.10. The van der Waals surface area contributed by atoms with E-state index >= 15 is 0 Å². The van der Waals surface area contributed by atoms with Gasteiger partial charge in [-0.25, -0.2) is 9.67 Å². The summed E-state index contributed by atoms with van der Waals surface area (Å²) in [5, 5.41) is 6.95. The third-order valence-electron chi connectivity index (χ3n) is 4.51. The number of fused-ring (bicyclic) bond motifs is 1. The normalized spacial score (nSPS) is 13.5. The van der Waals surface area contributed by atoms with Gasteiger partial charge in [-0.2, -0.15) is 5.10 Å². The van der Waals surface area contributed by atoms with Gasteiger partial charge in [0.05, 0.1) is 14.0 Å². The highest BCUT2D eigenvalue weighted by Gasteiger charge is 2.26. The summed E-state index contributed by atoms with van der Waals surface area (Å²) in [6.45, 7) is 4.18. The van der Waals surface area contributed by atoms with Gasteiger partial charge in [-0.15, -0.1) is 11.3 Å². The highest BCUT2D eigenvalue weighted by Crippen LogP contribution is 2.29. The zero-order valence-corrected chi connectivity index (χ0v) is 17.7. The lowest BCUT2D eigenvalue weighted by molar-refractivity contribution is -0.135. The van der Waals surface area contributed by atoms with E-state index in [1.807, 2.05) is 26.0 Å². The fraction of sp³-hybridized carbons (Fsp3) is 0.412. The molecule has 144 valence electrons. The van der Waals surface area contributed by atoms with E-state index in [0.717, 1.165) is 14.0 Å². The molecule has 0 aliphatic carbocycles. The number of aromatic amines is 1. The van der Waals surface area contributed by atoms with E-state index in [0.29, 0.717) is 18.7 Å². The molecule has 10 heteroatoms. The minimum Gasteiger partial charge on any atom is -0.350 e. The zero-order valence-electron chi connectivity index (χ0n) is 15.3. The fourth-order valence-electron chi connectivity index (χ4n) is 2.79. The summed E-state index contributed by atoms with van der Waals surface area (Å²) < 4.78 is 3.60. The van der Waals surface area contributed by atoms with E-state index in [1.54, 1.807) is 34.3 Å². The van der Waals surface area contributed by atoms with Crippen molar-refractivity contribution in [2.45, 2.75) is 32.4 Å². The van der Waals surface area contributed by atoms with Gasteiger partial charge in [-0.05, 0) is 41.4 Å². The van der Waals surface area contributed by atoms with Crippen LogP contribution in [0.15, 0.2) is 28.6 Å². The van der Waals surface area contributed by atoms with Gasteiger partial charge in [0.2, 0.25) is 5.91 Å². The second kappa shape index (κ2) is 8.22. The lowest BCUT2D eigenvalue weighted by Gasteiger charge is -2.28. The Bertz CT molecular complexity index is 903. The number of nitrogens with zero attached hydrogens (tertiary/aromatic N) is 4. The number of nitrogens with one attached hydrogen (secondary N) is 2. The number of carbonyl (C=O) groups excluding carboxylic acids is 2. The number of H-pyrrole nitrogens is 1. The molecule has 0 fully saturated rings. The van der Waals surface area contributed by atoms with Gasteiger partial charge in [0, 0.05) is 19.6 Å². The van der Waals surface area contributed by atoms with Crippen LogP contribution in [-0.2, 0) is 4.79 Å². The van der Waals surface area contributed by atoms with Crippen molar-refractivity contribution in [3.05, 3.63) is 34.3 Å². The van der Waals surface area contributed by atoms with Crippen LogP contribution in [-0.4, -0.2) is 56.1 Å². The number of halogens is 1. The van der Waals surface area contributed by atoms with Gasteiger partial charge < -0.3 is 15.2 Å². The van der Waals surface area contributed by atoms with Crippen LogP contribution in [0.5, 0.6) is 0 Å². The maximum absolute atomic E-state index is 12.8. The van der Waals surface area contributed by atoms with Crippen LogP contribution in [0.4, 0.5) is 0 Å². The number of amides is 2. The molecule has 2 N–H and O–H groups in total. The number of aromatic nitrogens is 4. The molecule has 3 heterocycles. The van der Waals surface area contributed by atoms with Crippen molar-refractivity contribution < 1.29 is 9.59 Å². The Morgan fingerprint density at radius 3 is 2.85 bits per heavy atom. The molecule has 0 spiro atoms. The van der Waals surface area contributed by atoms with Crippen LogP contribution >= 0.6 is 27.3 Å². The Morgan fingerprint density at radius 2 is 2.22 bits per heavy atom. The quantitative estimate of drug-likeness (QED) is 0.575. The largest absolute Gasteiger partial charge is 0.350 e. The molecule has 8 nitrogen and oxygen atoms in total. The van der Waals surface area contributed by atoms with Crippen LogP contribution in [0, 0.1) is 0 Å². The lowest BCUT2D eigenvalue weighted by atomic mass is 10.1. The molecule has 0 aromatic carbocycles. The number of hydrogen-bond donors (Lipinski definition) is 2. The molecule has 0 bridgehead atoms. The van der Waals surface area contributed by atoms with Crippen LogP contribution < -0.4 is 5.32 Å². The number of likely N-dealkylation sites (N-methyl/N-ethyl adjacent to an activating group) is 1. The number of rotatable bonds is 7. The number of carbonyl (C=O) groups is 2. The first kappa shape index (κ1) is 19.6. The van der Waals surface area contributed by atoms with Crippen molar-refractivity contribution >= 4 is 49.3 Å². The van der Waals surface area contributed by atoms with Crippen LogP contribution in [0.3, 0.4) is 0 Å². The maximum Gasteiger partial charge on any atom is 0.267 e. The van der Waals surface area contributed by atoms with Crippen molar-refractivity contribution in [1.29, 1.82) is 0 Å². The Morgan fingerprint density at radius 1 is 1.44 bits per heavy atom. The van der Waals surface area contributed by atoms with E-state index in [4.69, 9.17) is 0 Å². The summed E-state index contributed by atoms with van der Waals surface area (Å²) in [7, 11) is 1.74. The number of thiophene rings is 1. The van der Waals surface area contributed by atoms with E-state index in [9.17, 15) is 9.59 Å². The molecule has 2 amide bonds. The Labute approximate surface area is 169 Å². The smallest absolute Gasteiger partial charge is 0.267 e. The van der Waals surface area contributed by atoms with E-state index in [1.165, 1.54) is 6.33 Å². The molecule has 3 rings (SSSR count). The molecular formula is C17H21BrN6O2S.